The zero-order valence-corrected chi connectivity index (χ0v) is 19.1. The average Bonchev–Trinajstić information content (AvgIpc) is 2.74. The monoisotopic (exact) mass is 495 g/mol. The lowest BCUT2D eigenvalue weighted by molar-refractivity contribution is 0.102. The predicted octanol–water partition coefficient (Wildman–Crippen LogP) is 5.60. The number of sulfonamides is 1. The third-order valence-corrected chi connectivity index (χ3v) is 6.43. The first kappa shape index (κ1) is 23.1. The largest absolute Gasteiger partial charge is 0.322 e. The maximum absolute atomic E-state index is 12.5. The summed E-state index contributed by atoms with van der Waals surface area (Å²) in [5, 5.41) is 7.29. The molecule has 0 heterocycles. The number of halogens is 3. The lowest BCUT2D eigenvalue weighted by atomic mass is 10.1. The molecule has 0 aliphatic carbocycles. The van der Waals surface area contributed by atoms with Crippen molar-refractivity contribution < 1.29 is 13.2 Å². The maximum Gasteiger partial charge on any atom is 0.278 e. The van der Waals surface area contributed by atoms with E-state index in [-0.39, 0.29) is 20.8 Å². The summed E-state index contributed by atoms with van der Waals surface area (Å²) < 4.78 is 25.0. The highest BCUT2D eigenvalue weighted by atomic mass is 35.5. The number of hydrogen-bond acceptors (Lipinski definition) is 4. The van der Waals surface area contributed by atoms with Gasteiger partial charge in [-0.15, -0.1) is 0 Å². The molecule has 0 aromatic heterocycles. The van der Waals surface area contributed by atoms with E-state index in [1.165, 1.54) is 18.2 Å². The molecule has 2 N–H and O–H groups in total. The fourth-order valence-corrected chi connectivity index (χ4v) is 4.43. The van der Waals surface area contributed by atoms with Crippen molar-refractivity contribution in [2.45, 2.75) is 11.8 Å². The van der Waals surface area contributed by atoms with Crippen LogP contribution in [0.2, 0.25) is 15.1 Å². The van der Waals surface area contributed by atoms with Crippen LogP contribution in [0.3, 0.4) is 0 Å². The van der Waals surface area contributed by atoms with Crippen molar-refractivity contribution in [3.8, 4) is 0 Å². The highest BCUT2D eigenvalue weighted by molar-refractivity contribution is 7.89. The number of carbonyl (C=O) groups is 1. The quantitative estimate of drug-likeness (QED) is 0.344. The number of rotatable bonds is 6. The van der Waals surface area contributed by atoms with E-state index in [0.717, 1.165) is 0 Å². The van der Waals surface area contributed by atoms with Gasteiger partial charge in [0, 0.05) is 10.7 Å². The van der Waals surface area contributed by atoms with Gasteiger partial charge in [0.1, 0.15) is 4.90 Å². The Morgan fingerprint density at radius 2 is 1.65 bits per heavy atom. The molecule has 0 aliphatic heterocycles. The molecule has 31 heavy (non-hydrogen) atoms. The summed E-state index contributed by atoms with van der Waals surface area (Å²) in [7, 11) is -4.02. The summed E-state index contributed by atoms with van der Waals surface area (Å²) in [4.78, 5) is 14.4. The van der Waals surface area contributed by atoms with Crippen molar-refractivity contribution in [1.29, 1.82) is 0 Å². The Bertz CT molecular complexity index is 1280. The summed E-state index contributed by atoms with van der Waals surface area (Å²) in [6.45, 7) is 1.62. The van der Waals surface area contributed by atoms with Crippen molar-refractivity contribution in [1.82, 2.24) is 4.83 Å². The smallest absolute Gasteiger partial charge is 0.278 e. The van der Waals surface area contributed by atoms with Gasteiger partial charge in [0.15, 0.2) is 0 Å². The van der Waals surface area contributed by atoms with Crippen LogP contribution in [-0.2, 0) is 10.0 Å². The van der Waals surface area contributed by atoms with E-state index in [9.17, 15) is 13.2 Å². The summed E-state index contributed by atoms with van der Waals surface area (Å²) in [5.41, 5.74) is 1.80. The molecule has 0 saturated heterocycles. The summed E-state index contributed by atoms with van der Waals surface area (Å²) in [6, 6.07) is 17.6. The van der Waals surface area contributed by atoms with Gasteiger partial charge in [-0.25, -0.2) is 0 Å². The van der Waals surface area contributed by atoms with E-state index in [2.05, 4.69) is 15.2 Å². The molecule has 0 radical (unpaired) electrons. The van der Waals surface area contributed by atoms with E-state index < -0.39 is 10.0 Å². The van der Waals surface area contributed by atoms with Crippen LogP contribution in [-0.4, -0.2) is 20.0 Å². The van der Waals surface area contributed by atoms with E-state index in [1.807, 2.05) is 0 Å². The molecule has 3 aromatic carbocycles. The molecule has 3 rings (SSSR count). The number of benzene rings is 3. The second kappa shape index (κ2) is 9.70. The first-order chi connectivity index (χ1) is 14.7. The lowest BCUT2D eigenvalue weighted by Crippen LogP contribution is -2.20. The van der Waals surface area contributed by atoms with Crippen molar-refractivity contribution in [3.63, 3.8) is 0 Å². The lowest BCUT2D eigenvalue weighted by Gasteiger charge is -2.10. The molecular formula is C21H16Cl3N3O3S. The van der Waals surface area contributed by atoms with Crippen molar-refractivity contribution in [2.75, 3.05) is 5.32 Å². The molecule has 0 unspecified atom stereocenters. The molecule has 0 fully saturated rings. The molecule has 160 valence electrons. The molecule has 1 amide bonds. The number of amides is 1. The highest BCUT2D eigenvalue weighted by Crippen LogP contribution is 2.25. The van der Waals surface area contributed by atoms with Gasteiger partial charge in [-0.1, -0.05) is 59.1 Å². The molecule has 0 spiro atoms. The summed E-state index contributed by atoms with van der Waals surface area (Å²) in [5.74, 6) is -0.367. The van der Waals surface area contributed by atoms with Gasteiger partial charge in [0.25, 0.3) is 15.9 Å². The van der Waals surface area contributed by atoms with Crippen molar-refractivity contribution in [3.05, 3.63) is 92.9 Å². The third kappa shape index (κ3) is 5.77. The van der Waals surface area contributed by atoms with Gasteiger partial charge in [-0.3, -0.25) is 4.79 Å². The first-order valence-corrected chi connectivity index (χ1v) is 11.5. The molecule has 0 aliphatic rings. The van der Waals surface area contributed by atoms with E-state index in [4.69, 9.17) is 34.8 Å². The van der Waals surface area contributed by atoms with Gasteiger partial charge < -0.3 is 5.32 Å². The van der Waals surface area contributed by atoms with Crippen LogP contribution < -0.4 is 10.1 Å². The molecule has 6 nitrogen and oxygen atoms in total. The minimum atomic E-state index is -4.02. The first-order valence-electron chi connectivity index (χ1n) is 8.85. The molecular weight excluding hydrogens is 481 g/mol. The number of anilines is 1. The number of hydrogen-bond donors (Lipinski definition) is 2. The number of hydrazone groups is 1. The van der Waals surface area contributed by atoms with Crippen LogP contribution >= 0.6 is 34.8 Å². The fourth-order valence-electron chi connectivity index (χ4n) is 2.59. The Morgan fingerprint density at radius 3 is 2.39 bits per heavy atom. The van der Waals surface area contributed by atoms with Gasteiger partial charge in [0.05, 0.1) is 21.3 Å². The Balaban J connectivity index is 1.79. The van der Waals surface area contributed by atoms with Gasteiger partial charge in [-0.05, 0) is 55.0 Å². The zero-order valence-electron chi connectivity index (χ0n) is 16.1. The Morgan fingerprint density at radius 1 is 0.903 bits per heavy atom. The van der Waals surface area contributed by atoms with Gasteiger partial charge in [0.2, 0.25) is 0 Å². The Labute approximate surface area is 194 Å². The Hall–Kier alpha value is -2.58. The maximum atomic E-state index is 12.5. The number of nitrogens with one attached hydrogen (secondary N) is 2. The molecule has 0 saturated carbocycles. The normalized spacial score (nSPS) is 11.8. The number of nitrogens with zero attached hydrogens (tertiary/aromatic N) is 1. The summed E-state index contributed by atoms with van der Waals surface area (Å²) >= 11 is 17.9. The van der Waals surface area contributed by atoms with Crippen LogP contribution in [0.4, 0.5) is 5.69 Å². The van der Waals surface area contributed by atoms with Crippen molar-refractivity contribution in [2.24, 2.45) is 5.10 Å². The Kier molecular flexibility index (Phi) is 7.23. The van der Waals surface area contributed by atoms with E-state index in [0.29, 0.717) is 27.5 Å². The van der Waals surface area contributed by atoms with Gasteiger partial charge in [-0.2, -0.15) is 18.4 Å². The molecule has 0 bridgehead atoms. The van der Waals surface area contributed by atoms with Crippen LogP contribution in [0, 0.1) is 0 Å². The highest BCUT2D eigenvalue weighted by Gasteiger charge is 2.18. The van der Waals surface area contributed by atoms with E-state index >= 15 is 0 Å². The standard InChI is InChI=1S/C21H16Cl3N3O3S/c1-13(26-27-31(29,30)20-12-15(22)9-10-19(20)24)14-5-4-6-16(11-14)25-21(28)17-7-2-3-8-18(17)23/h2-12,27H,1H3,(H,25,28). The molecule has 10 heteroatoms. The minimum Gasteiger partial charge on any atom is -0.322 e. The van der Waals surface area contributed by atoms with Gasteiger partial charge >= 0.3 is 0 Å². The fraction of sp³-hybridized carbons (Fsp3) is 0.0476. The number of carbonyl (C=O) groups excluding carboxylic acids is 1. The SMILES string of the molecule is CC(=NNS(=O)(=O)c1cc(Cl)ccc1Cl)c1cccc(NC(=O)c2ccccc2Cl)c1. The second-order valence-corrected chi connectivity index (χ2v) is 9.26. The van der Waals surface area contributed by atoms with Crippen LogP contribution in [0.5, 0.6) is 0 Å². The molecule has 0 atom stereocenters. The van der Waals surface area contributed by atoms with E-state index in [1.54, 1.807) is 55.5 Å². The predicted molar refractivity (Wildman–Crippen MR) is 125 cm³/mol. The zero-order chi connectivity index (χ0) is 22.6. The minimum absolute atomic E-state index is 0.0223. The van der Waals surface area contributed by atoms with Crippen molar-refractivity contribution >= 4 is 62.1 Å². The average molecular weight is 497 g/mol. The van der Waals surface area contributed by atoms with Crippen LogP contribution in [0.15, 0.2) is 76.7 Å². The second-order valence-electron chi connectivity index (χ2n) is 6.38. The molecule has 3 aromatic rings. The van der Waals surface area contributed by atoms with Crippen LogP contribution in [0.25, 0.3) is 0 Å². The summed E-state index contributed by atoms with van der Waals surface area (Å²) in [6.07, 6.45) is 0. The third-order valence-electron chi connectivity index (χ3n) is 4.17. The van der Waals surface area contributed by atoms with Crippen LogP contribution in [0.1, 0.15) is 22.8 Å². The topological polar surface area (TPSA) is 87.6 Å².